The van der Waals surface area contributed by atoms with Crippen LogP contribution in [0.25, 0.3) is 11.2 Å². The van der Waals surface area contributed by atoms with Gasteiger partial charge in [0.15, 0.2) is 17.0 Å². The maximum absolute atomic E-state index is 9.66. The Balaban J connectivity index is 2.08. The molecule has 3 aromatic rings. The Morgan fingerprint density at radius 1 is 1.18 bits per heavy atom. The summed E-state index contributed by atoms with van der Waals surface area (Å²) in [6.07, 6.45) is 1.75. The van der Waals surface area contributed by atoms with Crippen LogP contribution in [0.15, 0.2) is 24.5 Å². The number of hydrogen-bond acceptors (Lipinski definition) is 7. The summed E-state index contributed by atoms with van der Waals surface area (Å²) in [7, 11) is 0. The number of hydrogen-bond donors (Lipinski definition) is 4. The van der Waals surface area contributed by atoms with Crippen molar-refractivity contribution in [1.29, 1.82) is 0 Å². The van der Waals surface area contributed by atoms with Gasteiger partial charge in [0.1, 0.15) is 0 Å². The predicted octanol–water partition coefficient (Wildman–Crippen LogP) is 3.82. The average Bonchev–Trinajstić information content (AvgIpc) is 3.03. The molecule has 0 aliphatic carbocycles. The van der Waals surface area contributed by atoms with Gasteiger partial charge >= 0.3 is 0 Å². The molecule has 0 amide bonds. The van der Waals surface area contributed by atoms with Crippen molar-refractivity contribution in [2.24, 2.45) is 5.92 Å². The standard InChI is InChI=1S/C19H26ClN7O/c1-10(2)15(8-28)24-19-25-17(23-14-6-12(20)5-13(21)7-14)16-18(26-19)27(9-22-16)11(3)4/h5-7,9-11,15,28H,8,21H2,1-4H3,(H2,23,24,25,26). The van der Waals surface area contributed by atoms with E-state index in [2.05, 4.69) is 39.4 Å². The minimum Gasteiger partial charge on any atom is -0.399 e. The first kappa shape index (κ1) is 20.2. The van der Waals surface area contributed by atoms with Crippen LogP contribution in [0.4, 0.5) is 23.1 Å². The molecule has 3 rings (SSSR count). The third kappa shape index (κ3) is 4.28. The second-order valence-electron chi connectivity index (χ2n) is 7.39. The molecule has 2 aromatic heterocycles. The van der Waals surface area contributed by atoms with Gasteiger partial charge in [0.2, 0.25) is 5.95 Å². The summed E-state index contributed by atoms with van der Waals surface area (Å²) in [6, 6.07) is 5.24. The Bertz CT molecular complexity index is 950. The minimum atomic E-state index is -0.164. The summed E-state index contributed by atoms with van der Waals surface area (Å²) >= 11 is 6.12. The van der Waals surface area contributed by atoms with Gasteiger partial charge in [-0.05, 0) is 38.0 Å². The molecule has 8 nitrogen and oxygen atoms in total. The predicted molar refractivity (Wildman–Crippen MR) is 114 cm³/mol. The lowest BCUT2D eigenvalue weighted by molar-refractivity contribution is 0.248. The van der Waals surface area contributed by atoms with Crippen molar-refractivity contribution in [3.63, 3.8) is 0 Å². The topological polar surface area (TPSA) is 114 Å². The molecular weight excluding hydrogens is 378 g/mol. The molecule has 1 unspecified atom stereocenters. The normalized spacial score (nSPS) is 12.7. The Morgan fingerprint density at radius 3 is 2.54 bits per heavy atom. The van der Waals surface area contributed by atoms with Crippen LogP contribution in [0.2, 0.25) is 5.02 Å². The molecule has 2 heterocycles. The maximum Gasteiger partial charge on any atom is 0.227 e. The van der Waals surface area contributed by atoms with Gasteiger partial charge in [0.05, 0.1) is 19.0 Å². The Kier molecular flexibility index (Phi) is 5.90. The number of aliphatic hydroxyl groups is 1. The van der Waals surface area contributed by atoms with Crippen molar-refractivity contribution in [1.82, 2.24) is 19.5 Å². The molecule has 0 saturated carbocycles. The molecule has 0 bridgehead atoms. The highest BCUT2D eigenvalue weighted by atomic mass is 35.5. The summed E-state index contributed by atoms with van der Waals surface area (Å²) < 4.78 is 1.98. The highest BCUT2D eigenvalue weighted by Crippen LogP contribution is 2.28. The van der Waals surface area contributed by atoms with Gasteiger partial charge in [-0.2, -0.15) is 9.97 Å². The molecule has 0 aliphatic heterocycles. The number of nitrogen functional groups attached to an aromatic ring is 1. The SMILES string of the molecule is CC(C)C(CO)Nc1nc(Nc2cc(N)cc(Cl)c2)c2ncn(C(C)C)c2n1. The van der Waals surface area contributed by atoms with E-state index in [9.17, 15) is 5.11 Å². The molecule has 0 fully saturated rings. The van der Waals surface area contributed by atoms with Gasteiger partial charge in [0.25, 0.3) is 0 Å². The Morgan fingerprint density at radius 2 is 1.93 bits per heavy atom. The molecule has 9 heteroatoms. The van der Waals surface area contributed by atoms with Gasteiger partial charge in [0, 0.05) is 22.4 Å². The number of nitrogens with zero attached hydrogens (tertiary/aromatic N) is 4. The molecule has 0 aliphatic rings. The molecule has 0 saturated heterocycles. The number of aliphatic hydroxyl groups excluding tert-OH is 1. The molecule has 0 radical (unpaired) electrons. The summed E-state index contributed by atoms with van der Waals surface area (Å²) in [5.74, 6) is 1.16. The Labute approximate surface area is 169 Å². The highest BCUT2D eigenvalue weighted by molar-refractivity contribution is 6.31. The zero-order valence-electron chi connectivity index (χ0n) is 16.4. The van der Waals surface area contributed by atoms with E-state index >= 15 is 0 Å². The van der Waals surface area contributed by atoms with Crippen LogP contribution in [-0.4, -0.2) is 37.3 Å². The smallest absolute Gasteiger partial charge is 0.227 e. The molecule has 0 spiro atoms. The third-order valence-electron chi connectivity index (χ3n) is 4.48. The van der Waals surface area contributed by atoms with Crippen molar-refractivity contribution in [2.45, 2.75) is 39.8 Å². The van der Waals surface area contributed by atoms with E-state index in [-0.39, 0.29) is 24.6 Å². The summed E-state index contributed by atoms with van der Waals surface area (Å²) in [4.78, 5) is 13.7. The first-order chi connectivity index (χ1) is 13.3. The zero-order chi connectivity index (χ0) is 20.4. The van der Waals surface area contributed by atoms with E-state index in [1.165, 1.54) is 0 Å². The van der Waals surface area contributed by atoms with Crippen LogP contribution in [0.3, 0.4) is 0 Å². The fraction of sp³-hybridized carbons (Fsp3) is 0.421. The number of benzene rings is 1. The van der Waals surface area contributed by atoms with Crippen LogP contribution in [0.5, 0.6) is 0 Å². The number of nitrogens with one attached hydrogen (secondary N) is 2. The molecule has 150 valence electrons. The van der Waals surface area contributed by atoms with Crippen molar-refractivity contribution in [3.8, 4) is 0 Å². The number of rotatable bonds is 7. The van der Waals surface area contributed by atoms with E-state index < -0.39 is 0 Å². The Hall–Kier alpha value is -2.58. The van der Waals surface area contributed by atoms with E-state index in [4.69, 9.17) is 17.3 Å². The van der Waals surface area contributed by atoms with Crippen molar-refractivity contribution >= 4 is 45.9 Å². The molecule has 1 atom stereocenters. The number of nitrogens with two attached hydrogens (primary N) is 1. The minimum absolute atomic E-state index is 0.0178. The quantitative estimate of drug-likeness (QED) is 0.443. The monoisotopic (exact) mass is 403 g/mol. The molecule has 1 aromatic carbocycles. The van der Waals surface area contributed by atoms with Crippen LogP contribution < -0.4 is 16.4 Å². The van der Waals surface area contributed by atoms with E-state index in [0.717, 1.165) is 0 Å². The van der Waals surface area contributed by atoms with E-state index in [1.54, 1.807) is 24.5 Å². The van der Waals surface area contributed by atoms with Crippen LogP contribution >= 0.6 is 11.6 Å². The summed E-state index contributed by atoms with van der Waals surface area (Å²) in [5, 5.41) is 16.7. The van der Waals surface area contributed by atoms with Gasteiger partial charge in [-0.3, -0.25) is 0 Å². The zero-order valence-corrected chi connectivity index (χ0v) is 17.2. The van der Waals surface area contributed by atoms with Gasteiger partial charge in [-0.25, -0.2) is 4.98 Å². The van der Waals surface area contributed by atoms with Gasteiger partial charge < -0.3 is 26.0 Å². The molecule has 28 heavy (non-hydrogen) atoms. The second-order valence-corrected chi connectivity index (χ2v) is 7.83. The fourth-order valence-corrected chi connectivity index (χ4v) is 3.10. The van der Waals surface area contributed by atoms with Gasteiger partial charge in [-0.15, -0.1) is 0 Å². The highest BCUT2D eigenvalue weighted by Gasteiger charge is 2.18. The van der Waals surface area contributed by atoms with E-state index in [1.807, 2.05) is 18.4 Å². The van der Waals surface area contributed by atoms with Crippen LogP contribution in [-0.2, 0) is 0 Å². The lowest BCUT2D eigenvalue weighted by Gasteiger charge is -2.20. The van der Waals surface area contributed by atoms with Gasteiger partial charge in [-0.1, -0.05) is 25.4 Å². The number of halogens is 1. The maximum atomic E-state index is 9.66. The largest absolute Gasteiger partial charge is 0.399 e. The number of anilines is 4. The summed E-state index contributed by atoms with van der Waals surface area (Å²) in [5.41, 5.74) is 8.49. The second kappa shape index (κ2) is 8.20. The van der Waals surface area contributed by atoms with Crippen LogP contribution in [0, 0.1) is 5.92 Å². The number of imidazole rings is 1. The lowest BCUT2D eigenvalue weighted by atomic mass is 10.1. The average molecular weight is 404 g/mol. The number of fused-ring (bicyclic) bond motifs is 1. The first-order valence-corrected chi connectivity index (χ1v) is 9.61. The third-order valence-corrected chi connectivity index (χ3v) is 4.69. The van der Waals surface area contributed by atoms with E-state index in [0.29, 0.717) is 39.3 Å². The fourth-order valence-electron chi connectivity index (χ4n) is 2.86. The molecule has 5 N–H and O–H groups in total. The summed E-state index contributed by atoms with van der Waals surface area (Å²) in [6.45, 7) is 8.16. The number of aromatic nitrogens is 4. The lowest BCUT2D eigenvalue weighted by Crippen LogP contribution is -2.30. The van der Waals surface area contributed by atoms with Crippen molar-refractivity contribution in [2.75, 3.05) is 23.0 Å². The first-order valence-electron chi connectivity index (χ1n) is 9.23. The van der Waals surface area contributed by atoms with Crippen molar-refractivity contribution < 1.29 is 5.11 Å². The molecular formula is C19H26ClN7O. The van der Waals surface area contributed by atoms with Crippen molar-refractivity contribution in [3.05, 3.63) is 29.5 Å². The van der Waals surface area contributed by atoms with Crippen LogP contribution in [0.1, 0.15) is 33.7 Å².